The van der Waals surface area contributed by atoms with Gasteiger partial charge in [-0.05, 0) is 18.2 Å². The Balaban J connectivity index is 2.40. The second-order valence-corrected chi connectivity index (χ2v) is 3.38. The van der Waals surface area contributed by atoms with Crippen molar-refractivity contribution in [3.63, 3.8) is 0 Å². The Labute approximate surface area is 98.3 Å². The number of methoxy groups -OCH3 is 1. The summed E-state index contributed by atoms with van der Waals surface area (Å²) in [7, 11) is 1.51. The summed E-state index contributed by atoms with van der Waals surface area (Å²) in [5.41, 5.74) is 6.66. The van der Waals surface area contributed by atoms with Crippen molar-refractivity contribution in [2.24, 2.45) is 0 Å². The highest BCUT2D eigenvalue weighted by Crippen LogP contribution is 2.16. The van der Waals surface area contributed by atoms with Crippen molar-refractivity contribution < 1.29 is 9.53 Å². The van der Waals surface area contributed by atoms with Gasteiger partial charge < -0.3 is 10.5 Å². The summed E-state index contributed by atoms with van der Waals surface area (Å²) >= 11 is 0. The summed E-state index contributed by atoms with van der Waals surface area (Å²) < 4.78 is 5.00. The van der Waals surface area contributed by atoms with Crippen LogP contribution in [0.3, 0.4) is 0 Å². The normalized spacial score (nSPS) is 9.94. The Morgan fingerprint density at radius 2 is 2.24 bits per heavy atom. The van der Waals surface area contributed by atoms with Gasteiger partial charge in [-0.15, -0.1) is 0 Å². The van der Waals surface area contributed by atoms with Gasteiger partial charge in [-0.25, -0.2) is 0 Å². The molecule has 0 spiro atoms. The molecule has 2 heterocycles. The number of pyridine rings is 2. The first-order chi connectivity index (χ1) is 8.22. The molecule has 0 aliphatic heterocycles. The maximum Gasteiger partial charge on any atom is 0.215 e. The molecular weight excluding hydrogens is 218 g/mol. The third-order valence-electron chi connectivity index (χ3n) is 2.27. The van der Waals surface area contributed by atoms with Crippen molar-refractivity contribution in [2.45, 2.75) is 0 Å². The van der Waals surface area contributed by atoms with E-state index in [1.807, 2.05) is 0 Å². The lowest BCUT2D eigenvalue weighted by molar-refractivity contribution is 0.103. The average Bonchev–Trinajstić information content (AvgIpc) is 2.38. The molecule has 0 aliphatic rings. The molecule has 0 unspecified atom stereocenters. The van der Waals surface area contributed by atoms with E-state index in [1.165, 1.54) is 25.7 Å². The summed E-state index contributed by atoms with van der Waals surface area (Å²) in [6.07, 6.45) is 4.51. The number of carbonyl (C=O) groups is 1. The fourth-order valence-electron chi connectivity index (χ4n) is 1.40. The summed E-state index contributed by atoms with van der Waals surface area (Å²) in [6, 6.07) is 4.91. The number of aromatic nitrogens is 2. The van der Waals surface area contributed by atoms with Crippen LogP contribution in [0.25, 0.3) is 0 Å². The van der Waals surface area contributed by atoms with Crippen molar-refractivity contribution in [1.29, 1.82) is 0 Å². The number of ether oxygens (including phenoxy) is 1. The van der Waals surface area contributed by atoms with Gasteiger partial charge >= 0.3 is 0 Å². The van der Waals surface area contributed by atoms with Gasteiger partial charge in [-0.1, -0.05) is 0 Å². The SMILES string of the molecule is COc1cncc(C(=O)c2ncccc2N)c1. The Kier molecular flexibility index (Phi) is 3.00. The molecular formula is C12H11N3O2. The van der Waals surface area contributed by atoms with Crippen LogP contribution >= 0.6 is 0 Å². The van der Waals surface area contributed by atoms with Crippen LogP contribution in [0.1, 0.15) is 16.1 Å². The van der Waals surface area contributed by atoms with Crippen molar-refractivity contribution in [3.8, 4) is 5.75 Å². The molecule has 0 saturated carbocycles. The van der Waals surface area contributed by atoms with Crippen LogP contribution in [0.4, 0.5) is 5.69 Å². The van der Waals surface area contributed by atoms with Gasteiger partial charge in [0, 0.05) is 18.0 Å². The number of nitrogens with zero attached hydrogens (tertiary/aromatic N) is 2. The molecule has 2 aromatic rings. The minimum absolute atomic E-state index is 0.225. The Bertz CT molecular complexity index is 555. The highest BCUT2D eigenvalue weighted by molar-refractivity contribution is 6.10. The summed E-state index contributed by atoms with van der Waals surface area (Å²) in [6.45, 7) is 0. The van der Waals surface area contributed by atoms with E-state index in [1.54, 1.807) is 18.2 Å². The first-order valence-electron chi connectivity index (χ1n) is 4.96. The largest absolute Gasteiger partial charge is 0.495 e. The fraction of sp³-hybridized carbons (Fsp3) is 0.0833. The van der Waals surface area contributed by atoms with E-state index in [0.29, 0.717) is 17.0 Å². The second-order valence-electron chi connectivity index (χ2n) is 3.38. The zero-order valence-corrected chi connectivity index (χ0v) is 9.25. The van der Waals surface area contributed by atoms with Crippen molar-refractivity contribution in [1.82, 2.24) is 9.97 Å². The minimum Gasteiger partial charge on any atom is -0.495 e. The van der Waals surface area contributed by atoms with Gasteiger partial charge in [0.15, 0.2) is 0 Å². The average molecular weight is 229 g/mol. The number of nitrogen functional groups attached to an aromatic ring is 1. The molecule has 0 fully saturated rings. The molecule has 0 radical (unpaired) electrons. The molecule has 86 valence electrons. The van der Waals surface area contributed by atoms with Crippen LogP contribution in [0.2, 0.25) is 0 Å². The van der Waals surface area contributed by atoms with Crippen LogP contribution in [-0.4, -0.2) is 22.9 Å². The van der Waals surface area contributed by atoms with Crippen molar-refractivity contribution in [2.75, 3.05) is 12.8 Å². The molecule has 2 N–H and O–H groups in total. The number of ketones is 1. The van der Waals surface area contributed by atoms with Crippen LogP contribution < -0.4 is 10.5 Å². The van der Waals surface area contributed by atoms with E-state index in [9.17, 15) is 4.79 Å². The zero-order valence-electron chi connectivity index (χ0n) is 9.25. The van der Waals surface area contributed by atoms with E-state index >= 15 is 0 Å². The highest BCUT2D eigenvalue weighted by atomic mass is 16.5. The molecule has 0 aliphatic carbocycles. The Hall–Kier alpha value is -2.43. The summed E-state index contributed by atoms with van der Waals surface area (Å²) in [5.74, 6) is 0.250. The molecule has 2 aromatic heterocycles. The second kappa shape index (κ2) is 4.61. The lowest BCUT2D eigenvalue weighted by atomic mass is 10.1. The number of hydrogen-bond donors (Lipinski definition) is 1. The van der Waals surface area contributed by atoms with Crippen LogP contribution in [0.5, 0.6) is 5.75 Å². The third-order valence-corrected chi connectivity index (χ3v) is 2.27. The monoisotopic (exact) mass is 229 g/mol. The van der Waals surface area contributed by atoms with Crippen LogP contribution in [0.15, 0.2) is 36.8 Å². The first-order valence-corrected chi connectivity index (χ1v) is 4.96. The summed E-state index contributed by atoms with van der Waals surface area (Å²) in [5, 5.41) is 0. The summed E-state index contributed by atoms with van der Waals surface area (Å²) in [4.78, 5) is 20.0. The zero-order chi connectivity index (χ0) is 12.3. The number of carbonyl (C=O) groups excluding carboxylic acids is 1. The number of rotatable bonds is 3. The molecule has 0 aromatic carbocycles. The molecule has 5 nitrogen and oxygen atoms in total. The molecule has 0 saturated heterocycles. The number of nitrogens with two attached hydrogens (primary N) is 1. The lowest BCUT2D eigenvalue weighted by Gasteiger charge is -2.04. The Morgan fingerprint density at radius 3 is 2.94 bits per heavy atom. The molecule has 2 rings (SSSR count). The maximum absolute atomic E-state index is 12.1. The highest BCUT2D eigenvalue weighted by Gasteiger charge is 2.14. The first kappa shape index (κ1) is 11.1. The standard InChI is InChI=1S/C12H11N3O2/c1-17-9-5-8(6-14-7-9)12(16)11-10(13)3-2-4-15-11/h2-7H,13H2,1H3. The van der Waals surface area contributed by atoms with Gasteiger partial charge in [-0.3, -0.25) is 14.8 Å². The van der Waals surface area contributed by atoms with E-state index in [0.717, 1.165) is 0 Å². The van der Waals surface area contributed by atoms with Crippen molar-refractivity contribution in [3.05, 3.63) is 48.0 Å². The lowest BCUT2D eigenvalue weighted by Crippen LogP contribution is -2.08. The molecule has 17 heavy (non-hydrogen) atoms. The van der Waals surface area contributed by atoms with Crippen LogP contribution in [-0.2, 0) is 0 Å². The van der Waals surface area contributed by atoms with Gasteiger partial charge in [0.05, 0.1) is 19.0 Å². The smallest absolute Gasteiger partial charge is 0.215 e. The third kappa shape index (κ3) is 2.23. The van der Waals surface area contributed by atoms with Crippen LogP contribution in [0, 0.1) is 0 Å². The van der Waals surface area contributed by atoms with E-state index in [2.05, 4.69) is 9.97 Å². The Morgan fingerprint density at radius 1 is 1.41 bits per heavy atom. The van der Waals surface area contributed by atoms with E-state index in [-0.39, 0.29) is 11.5 Å². The van der Waals surface area contributed by atoms with E-state index < -0.39 is 0 Å². The van der Waals surface area contributed by atoms with Gasteiger partial charge in [0.25, 0.3) is 0 Å². The quantitative estimate of drug-likeness (QED) is 0.802. The molecule has 0 atom stereocenters. The predicted octanol–water partition coefficient (Wildman–Crippen LogP) is 1.30. The van der Waals surface area contributed by atoms with Crippen molar-refractivity contribution >= 4 is 11.5 Å². The van der Waals surface area contributed by atoms with Gasteiger partial charge in [-0.2, -0.15) is 0 Å². The number of anilines is 1. The molecule has 5 heteroatoms. The number of hydrogen-bond acceptors (Lipinski definition) is 5. The molecule has 0 amide bonds. The van der Waals surface area contributed by atoms with Gasteiger partial charge in [0.1, 0.15) is 11.4 Å². The topological polar surface area (TPSA) is 78.1 Å². The maximum atomic E-state index is 12.1. The molecule has 0 bridgehead atoms. The van der Waals surface area contributed by atoms with Gasteiger partial charge in [0.2, 0.25) is 5.78 Å². The minimum atomic E-state index is -0.269. The fourth-order valence-corrected chi connectivity index (χ4v) is 1.40. The van der Waals surface area contributed by atoms with E-state index in [4.69, 9.17) is 10.5 Å². The predicted molar refractivity (Wildman–Crippen MR) is 62.9 cm³/mol.